The molecule has 7 heteroatoms. The molecule has 0 saturated heterocycles. The van der Waals surface area contributed by atoms with Crippen LogP contribution in [0.3, 0.4) is 0 Å². The molecule has 2 heterocycles. The Morgan fingerprint density at radius 2 is 1.75 bits per heavy atom. The molecule has 164 valence electrons. The van der Waals surface area contributed by atoms with Crippen LogP contribution in [-0.2, 0) is 24.2 Å². The molecule has 5 nitrogen and oxygen atoms in total. The second kappa shape index (κ2) is 9.38. The number of carbonyl (C=O) groups excluding carboxylic acids is 1. The highest BCUT2D eigenvalue weighted by Gasteiger charge is 2.18. The molecular weight excluding hydrogens is 486 g/mol. The van der Waals surface area contributed by atoms with Gasteiger partial charge >= 0.3 is 0 Å². The lowest BCUT2D eigenvalue weighted by molar-refractivity contribution is -0.116. The Kier molecular flexibility index (Phi) is 6.58. The second-order valence-electron chi connectivity index (χ2n) is 7.60. The van der Waals surface area contributed by atoms with Crippen molar-refractivity contribution >= 4 is 49.1 Å². The Balaban J connectivity index is 1.70. The number of carbonyl (C=O) groups is 1. The summed E-state index contributed by atoms with van der Waals surface area (Å²) in [6, 6.07) is 13.9. The third-order valence-corrected chi connectivity index (χ3v) is 7.11. The minimum absolute atomic E-state index is 0.0857. The lowest BCUT2D eigenvalue weighted by Crippen LogP contribution is -2.28. The van der Waals surface area contributed by atoms with E-state index in [1.807, 2.05) is 49.4 Å². The summed E-state index contributed by atoms with van der Waals surface area (Å²) in [6.45, 7) is 6.04. The molecule has 0 radical (unpaired) electrons. The number of fused-ring (bicyclic) bond motifs is 1. The number of thiophene rings is 1. The Bertz CT molecular complexity index is 1330. The van der Waals surface area contributed by atoms with E-state index in [0.717, 1.165) is 50.1 Å². The standard InChI is InChI=1S/C25H24BrN3O2S/c1-4-16-7-6-8-17(5-2)23(16)28-20(30)13-29-14-27-24-22(25(29)31)21(15(3)32-24)18-9-11-19(26)12-10-18/h6-12,14H,4-5,13H2,1-3H3,(H,28,30). The fourth-order valence-corrected chi connectivity index (χ4v) is 5.22. The van der Waals surface area contributed by atoms with Gasteiger partial charge in [0.15, 0.2) is 0 Å². The Hall–Kier alpha value is -2.77. The van der Waals surface area contributed by atoms with Crippen molar-refractivity contribution in [2.45, 2.75) is 40.2 Å². The van der Waals surface area contributed by atoms with Crippen molar-refractivity contribution in [3.63, 3.8) is 0 Å². The first-order chi connectivity index (χ1) is 15.4. The van der Waals surface area contributed by atoms with Crippen LogP contribution in [0.5, 0.6) is 0 Å². The highest BCUT2D eigenvalue weighted by molar-refractivity contribution is 9.10. The van der Waals surface area contributed by atoms with Crippen LogP contribution in [0.2, 0.25) is 0 Å². The number of rotatable bonds is 6. The zero-order chi connectivity index (χ0) is 22.8. The summed E-state index contributed by atoms with van der Waals surface area (Å²) >= 11 is 4.95. The van der Waals surface area contributed by atoms with E-state index in [0.29, 0.717) is 10.2 Å². The van der Waals surface area contributed by atoms with Gasteiger partial charge in [0.25, 0.3) is 5.56 Å². The predicted molar refractivity (Wildman–Crippen MR) is 136 cm³/mol. The van der Waals surface area contributed by atoms with E-state index in [2.05, 4.69) is 40.1 Å². The zero-order valence-electron chi connectivity index (χ0n) is 18.2. The summed E-state index contributed by atoms with van der Waals surface area (Å²) in [4.78, 5) is 32.5. The highest BCUT2D eigenvalue weighted by atomic mass is 79.9. The van der Waals surface area contributed by atoms with E-state index in [4.69, 9.17) is 0 Å². The maximum Gasteiger partial charge on any atom is 0.263 e. The van der Waals surface area contributed by atoms with Crippen LogP contribution in [0, 0.1) is 6.92 Å². The van der Waals surface area contributed by atoms with E-state index in [1.54, 1.807) is 0 Å². The van der Waals surface area contributed by atoms with Crippen LogP contribution in [0.4, 0.5) is 5.69 Å². The maximum absolute atomic E-state index is 13.4. The first-order valence-electron chi connectivity index (χ1n) is 10.6. The van der Waals surface area contributed by atoms with Crippen molar-refractivity contribution in [3.05, 3.63) is 79.6 Å². The van der Waals surface area contributed by atoms with Crippen LogP contribution in [-0.4, -0.2) is 15.5 Å². The van der Waals surface area contributed by atoms with Crippen LogP contribution in [0.25, 0.3) is 21.3 Å². The molecular formula is C25H24BrN3O2S. The predicted octanol–water partition coefficient (Wildman–Crippen LogP) is 5.96. The van der Waals surface area contributed by atoms with Crippen molar-refractivity contribution in [1.29, 1.82) is 0 Å². The fourth-order valence-electron chi connectivity index (χ4n) is 3.95. The van der Waals surface area contributed by atoms with Gasteiger partial charge in [-0.05, 0) is 48.6 Å². The summed E-state index contributed by atoms with van der Waals surface area (Å²) in [5, 5.41) is 3.60. The normalized spacial score (nSPS) is 11.1. The molecule has 1 N–H and O–H groups in total. The number of nitrogens with one attached hydrogen (secondary N) is 1. The Morgan fingerprint density at radius 1 is 1.09 bits per heavy atom. The van der Waals surface area contributed by atoms with Crippen molar-refractivity contribution in [1.82, 2.24) is 9.55 Å². The number of halogens is 1. The number of hydrogen-bond donors (Lipinski definition) is 1. The molecule has 2 aromatic heterocycles. The molecule has 0 fully saturated rings. The molecule has 0 aliphatic carbocycles. The summed E-state index contributed by atoms with van der Waals surface area (Å²) < 4.78 is 2.37. The lowest BCUT2D eigenvalue weighted by atomic mass is 10.0. The molecule has 0 atom stereocenters. The number of aromatic nitrogens is 2. The topological polar surface area (TPSA) is 64.0 Å². The summed E-state index contributed by atoms with van der Waals surface area (Å²) in [7, 11) is 0. The maximum atomic E-state index is 13.4. The average molecular weight is 510 g/mol. The van der Waals surface area contributed by atoms with Crippen molar-refractivity contribution in [2.75, 3.05) is 5.32 Å². The van der Waals surface area contributed by atoms with Gasteiger partial charge in [-0.25, -0.2) is 4.98 Å². The van der Waals surface area contributed by atoms with Gasteiger partial charge in [0, 0.05) is 20.6 Å². The smallest absolute Gasteiger partial charge is 0.263 e. The Labute approximate surface area is 199 Å². The third kappa shape index (κ3) is 4.27. The summed E-state index contributed by atoms with van der Waals surface area (Å²) in [6.07, 6.45) is 3.11. The SMILES string of the molecule is CCc1cccc(CC)c1NC(=O)Cn1cnc2sc(C)c(-c3ccc(Br)cc3)c2c1=O. The molecule has 0 saturated carbocycles. The van der Waals surface area contributed by atoms with E-state index < -0.39 is 0 Å². The van der Waals surface area contributed by atoms with Gasteiger partial charge in [-0.15, -0.1) is 11.3 Å². The van der Waals surface area contributed by atoms with Gasteiger partial charge in [-0.2, -0.15) is 0 Å². The number of aryl methyl sites for hydroxylation is 3. The van der Waals surface area contributed by atoms with E-state index in [9.17, 15) is 9.59 Å². The van der Waals surface area contributed by atoms with Gasteiger partial charge in [0.05, 0.1) is 11.7 Å². The lowest BCUT2D eigenvalue weighted by Gasteiger charge is -2.15. The molecule has 0 aliphatic heterocycles. The molecule has 0 aliphatic rings. The van der Waals surface area contributed by atoms with E-state index >= 15 is 0 Å². The first-order valence-corrected chi connectivity index (χ1v) is 12.2. The second-order valence-corrected chi connectivity index (χ2v) is 9.72. The molecule has 0 bridgehead atoms. The van der Waals surface area contributed by atoms with Gasteiger partial charge in [0.1, 0.15) is 11.4 Å². The first kappa shape index (κ1) is 22.4. The van der Waals surface area contributed by atoms with Crippen molar-refractivity contribution in [2.24, 2.45) is 0 Å². The van der Waals surface area contributed by atoms with Gasteiger partial charge in [-0.3, -0.25) is 14.2 Å². The number of benzene rings is 2. The number of para-hydroxylation sites is 1. The van der Waals surface area contributed by atoms with Crippen LogP contribution < -0.4 is 10.9 Å². The number of amides is 1. The van der Waals surface area contributed by atoms with Crippen molar-refractivity contribution in [3.8, 4) is 11.1 Å². The monoisotopic (exact) mass is 509 g/mol. The molecule has 4 rings (SSSR count). The average Bonchev–Trinajstić information content (AvgIpc) is 3.13. The molecule has 1 amide bonds. The molecule has 32 heavy (non-hydrogen) atoms. The molecule has 4 aromatic rings. The quantitative estimate of drug-likeness (QED) is 0.348. The molecule has 2 aromatic carbocycles. The zero-order valence-corrected chi connectivity index (χ0v) is 20.6. The molecule has 0 spiro atoms. The van der Waals surface area contributed by atoms with E-state index in [-0.39, 0.29) is 18.0 Å². The van der Waals surface area contributed by atoms with Crippen LogP contribution >= 0.6 is 27.3 Å². The summed E-state index contributed by atoms with van der Waals surface area (Å²) in [5.41, 5.74) is 4.67. The largest absolute Gasteiger partial charge is 0.324 e. The minimum atomic E-state index is -0.235. The van der Waals surface area contributed by atoms with Gasteiger partial charge in [0.2, 0.25) is 5.91 Å². The summed E-state index contributed by atoms with van der Waals surface area (Å²) in [5.74, 6) is -0.235. The Morgan fingerprint density at radius 3 is 2.38 bits per heavy atom. The van der Waals surface area contributed by atoms with Crippen LogP contribution in [0.15, 0.2) is 58.1 Å². The van der Waals surface area contributed by atoms with Crippen molar-refractivity contribution < 1.29 is 4.79 Å². The molecule has 0 unspecified atom stereocenters. The number of nitrogens with zero attached hydrogens (tertiary/aromatic N) is 2. The van der Waals surface area contributed by atoms with Gasteiger partial charge in [-0.1, -0.05) is 60.1 Å². The number of anilines is 1. The minimum Gasteiger partial charge on any atom is -0.324 e. The third-order valence-electron chi connectivity index (χ3n) is 5.56. The number of hydrogen-bond acceptors (Lipinski definition) is 4. The van der Waals surface area contributed by atoms with E-state index in [1.165, 1.54) is 22.2 Å². The van der Waals surface area contributed by atoms with Gasteiger partial charge < -0.3 is 5.32 Å². The fraction of sp³-hybridized carbons (Fsp3) is 0.240. The van der Waals surface area contributed by atoms with Crippen LogP contribution in [0.1, 0.15) is 29.9 Å². The highest BCUT2D eigenvalue weighted by Crippen LogP contribution is 2.35.